The third-order valence-corrected chi connectivity index (χ3v) is 4.70. The van der Waals surface area contributed by atoms with E-state index in [0.29, 0.717) is 0 Å². The molecule has 0 saturated heterocycles. The van der Waals surface area contributed by atoms with Gasteiger partial charge in [-0.2, -0.15) is 44.6 Å². The summed E-state index contributed by atoms with van der Waals surface area (Å²) < 4.78 is 99.4. The molecule has 3 aromatic heterocycles. The van der Waals surface area contributed by atoms with Gasteiger partial charge in [-0.15, -0.1) is 0 Å². The number of carboxylic acid groups (broad SMARTS) is 3. The molecule has 0 fully saturated rings. The predicted molar refractivity (Wildman–Crippen MR) is 123 cm³/mol. The van der Waals surface area contributed by atoms with Gasteiger partial charge in [0, 0.05) is 50.6 Å². The summed E-state index contributed by atoms with van der Waals surface area (Å²) in [5, 5.41) is 25.6. The first-order valence-corrected chi connectivity index (χ1v) is 11.2. The van der Waals surface area contributed by atoms with Crippen molar-refractivity contribution in [3.8, 4) is 0 Å². The van der Waals surface area contributed by atoms with Crippen LogP contribution in [0.15, 0.2) is 49.2 Å². The maximum atomic E-state index is 10.6. The molecule has 0 radical (unpaired) electrons. The van der Waals surface area contributed by atoms with Crippen molar-refractivity contribution in [1.82, 2.24) is 29.2 Å². The van der Waals surface area contributed by atoms with Gasteiger partial charge in [0.2, 0.25) is 0 Å². The maximum Gasteiger partial charge on any atom is 0.490 e. The third kappa shape index (κ3) is 14.2. The number of aliphatic carboxylic acids is 3. The number of imidazole rings is 1. The molecule has 43 heavy (non-hydrogen) atoms. The number of hydrogen-bond acceptors (Lipinski definition) is 7. The Balaban J connectivity index is 0.000000363. The van der Waals surface area contributed by atoms with Crippen LogP contribution in [-0.4, -0.2) is 87.5 Å². The number of aromatic nitrogens is 5. The lowest BCUT2D eigenvalue weighted by Crippen LogP contribution is -2.33. The predicted octanol–water partition coefficient (Wildman–Crippen LogP) is 3.44. The number of fused-ring (bicyclic) bond motifs is 1. The number of carbonyl (C=O) groups is 3. The van der Waals surface area contributed by atoms with Crippen molar-refractivity contribution in [3.05, 3.63) is 66.3 Å². The number of halogens is 9. The van der Waals surface area contributed by atoms with Gasteiger partial charge in [-0.3, -0.25) is 14.6 Å². The van der Waals surface area contributed by atoms with Crippen molar-refractivity contribution in [2.24, 2.45) is 0 Å². The molecule has 12 nitrogen and oxygen atoms in total. The van der Waals surface area contributed by atoms with Crippen molar-refractivity contribution >= 4 is 17.9 Å². The number of alkyl halides is 9. The van der Waals surface area contributed by atoms with Gasteiger partial charge in [0.05, 0.1) is 18.8 Å². The van der Waals surface area contributed by atoms with Gasteiger partial charge in [-0.1, -0.05) is 0 Å². The highest BCUT2D eigenvalue weighted by molar-refractivity contribution is 5.73. The van der Waals surface area contributed by atoms with Crippen molar-refractivity contribution in [3.63, 3.8) is 0 Å². The Hall–Kier alpha value is -4.69. The standard InChI is InChI=1S/C16H18N6.3C2HF3O2/c1-4-18-22(7-1)12-15-11-21-9-8-20(13-16(21)19-15)10-14-2-5-17-6-3-14;3*3-2(4,5)1(6)7/h1-7,11H,8-10,12-13H2;3*(H,6,7). The Labute approximate surface area is 234 Å². The molecule has 4 heterocycles. The Morgan fingerprint density at radius 3 is 1.67 bits per heavy atom. The molecule has 0 amide bonds. The zero-order valence-electron chi connectivity index (χ0n) is 21.3. The summed E-state index contributed by atoms with van der Waals surface area (Å²) in [6.07, 6.45) is -5.63. The third-order valence-electron chi connectivity index (χ3n) is 4.70. The van der Waals surface area contributed by atoms with Crippen molar-refractivity contribution < 1.29 is 69.2 Å². The van der Waals surface area contributed by atoms with Gasteiger partial charge in [0.15, 0.2) is 0 Å². The van der Waals surface area contributed by atoms with Crippen LogP contribution in [-0.2, 0) is 40.6 Å². The van der Waals surface area contributed by atoms with E-state index >= 15 is 0 Å². The zero-order chi connectivity index (χ0) is 33.0. The molecule has 3 aromatic rings. The Bertz CT molecular complexity index is 1250. The molecule has 0 aromatic carbocycles. The number of carboxylic acids is 3. The van der Waals surface area contributed by atoms with Crippen molar-refractivity contribution in [1.29, 1.82) is 0 Å². The van der Waals surface area contributed by atoms with E-state index in [1.165, 1.54) is 5.56 Å². The van der Waals surface area contributed by atoms with Crippen molar-refractivity contribution in [2.75, 3.05) is 6.54 Å². The topological polar surface area (TPSA) is 164 Å². The number of hydrogen-bond donors (Lipinski definition) is 3. The second kappa shape index (κ2) is 15.5. The van der Waals surface area contributed by atoms with E-state index in [4.69, 9.17) is 34.7 Å². The number of pyridine rings is 1. The van der Waals surface area contributed by atoms with Crippen LogP contribution in [0.3, 0.4) is 0 Å². The Morgan fingerprint density at radius 1 is 0.767 bits per heavy atom. The summed E-state index contributed by atoms with van der Waals surface area (Å²) >= 11 is 0. The van der Waals surface area contributed by atoms with Gasteiger partial charge in [-0.25, -0.2) is 19.4 Å². The molecule has 238 valence electrons. The van der Waals surface area contributed by atoms with Gasteiger partial charge in [-0.05, 0) is 23.8 Å². The quantitative estimate of drug-likeness (QED) is 0.362. The fourth-order valence-corrected chi connectivity index (χ4v) is 2.88. The second-order valence-electron chi connectivity index (χ2n) is 8.02. The van der Waals surface area contributed by atoms with E-state index in [2.05, 4.69) is 37.9 Å². The molecule has 0 unspecified atom stereocenters. The van der Waals surface area contributed by atoms with Gasteiger partial charge >= 0.3 is 36.4 Å². The highest BCUT2D eigenvalue weighted by atomic mass is 19.4. The van der Waals surface area contributed by atoms with Gasteiger partial charge in [0.25, 0.3) is 0 Å². The van der Waals surface area contributed by atoms with Crippen LogP contribution >= 0.6 is 0 Å². The van der Waals surface area contributed by atoms with E-state index in [9.17, 15) is 39.5 Å². The minimum atomic E-state index is -5.08. The lowest BCUT2D eigenvalue weighted by Gasteiger charge is -2.27. The lowest BCUT2D eigenvalue weighted by molar-refractivity contribution is -0.193. The van der Waals surface area contributed by atoms with Crippen molar-refractivity contribution in [2.45, 2.75) is 44.7 Å². The van der Waals surface area contributed by atoms with E-state index < -0.39 is 36.4 Å². The number of nitrogens with zero attached hydrogens (tertiary/aromatic N) is 6. The normalized spacial score (nSPS) is 13.1. The van der Waals surface area contributed by atoms with Crippen LogP contribution in [0.4, 0.5) is 39.5 Å². The molecular weight excluding hydrogens is 615 g/mol. The molecule has 0 aliphatic carbocycles. The fraction of sp³-hybridized carbons (Fsp3) is 0.364. The van der Waals surface area contributed by atoms with Crippen LogP contribution in [0.2, 0.25) is 0 Å². The van der Waals surface area contributed by atoms with Crippen LogP contribution < -0.4 is 0 Å². The Morgan fingerprint density at radius 2 is 1.26 bits per heavy atom. The van der Waals surface area contributed by atoms with Gasteiger partial charge in [0.1, 0.15) is 5.82 Å². The first-order valence-electron chi connectivity index (χ1n) is 11.2. The summed E-state index contributed by atoms with van der Waals surface area (Å²) in [7, 11) is 0. The second-order valence-corrected chi connectivity index (χ2v) is 8.02. The lowest BCUT2D eigenvalue weighted by atomic mass is 10.2. The SMILES string of the molecule is O=C(O)C(F)(F)F.O=C(O)C(F)(F)F.O=C(O)C(F)(F)F.c1cnn(Cc2cn3c(n2)CN(Cc2ccncc2)CC3)c1. The average Bonchev–Trinajstić information content (AvgIpc) is 3.53. The highest BCUT2D eigenvalue weighted by Gasteiger charge is 2.39. The molecule has 4 rings (SSSR count). The summed E-state index contributed by atoms with van der Waals surface area (Å²) in [4.78, 5) is 37.9. The first kappa shape index (κ1) is 36.3. The monoisotopic (exact) mass is 636 g/mol. The van der Waals surface area contributed by atoms with Crippen LogP contribution in [0.1, 0.15) is 17.1 Å². The number of rotatable bonds is 4. The first-order chi connectivity index (χ1) is 19.7. The highest BCUT2D eigenvalue weighted by Crippen LogP contribution is 2.16. The zero-order valence-corrected chi connectivity index (χ0v) is 21.3. The molecule has 0 spiro atoms. The maximum absolute atomic E-state index is 10.6. The van der Waals surface area contributed by atoms with Crippen LogP contribution in [0, 0.1) is 0 Å². The molecule has 0 saturated carbocycles. The molecule has 3 N–H and O–H groups in total. The van der Waals surface area contributed by atoms with Crippen LogP contribution in [0.5, 0.6) is 0 Å². The summed E-state index contributed by atoms with van der Waals surface area (Å²) in [6, 6.07) is 6.08. The van der Waals surface area contributed by atoms with E-state index in [-0.39, 0.29) is 0 Å². The summed E-state index contributed by atoms with van der Waals surface area (Å²) in [6.45, 7) is 4.61. The summed E-state index contributed by atoms with van der Waals surface area (Å²) in [5.74, 6) is -7.13. The van der Waals surface area contributed by atoms with E-state index in [1.54, 1.807) is 6.20 Å². The molecule has 1 aliphatic heterocycles. The van der Waals surface area contributed by atoms with Gasteiger partial charge < -0.3 is 19.9 Å². The Kier molecular flexibility index (Phi) is 13.1. The molecule has 0 atom stereocenters. The van der Waals surface area contributed by atoms with Crippen LogP contribution in [0.25, 0.3) is 0 Å². The fourth-order valence-electron chi connectivity index (χ4n) is 2.88. The average molecular weight is 636 g/mol. The smallest absolute Gasteiger partial charge is 0.475 e. The minimum absolute atomic E-state index is 0.733. The minimum Gasteiger partial charge on any atom is -0.475 e. The van der Waals surface area contributed by atoms with E-state index in [0.717, 1.165) is 44.2 Å². The molecular formula is C22H21F9N6O6. The molecule has 0 bridgehead atoms. The summed E-state index contributed by atoms with van der Waals surface area (Å²) in [5.41, 5.74) is 2.37. The molecule has 21 heteroatoms. The molecule has 1 aliphatic rings. The largest absolute Gasteiger partial charge is 0.490 e. The van der Waals surface area contributed by atoms with E-state index in [1.807, 2.05) is 29.3 Å².